The number of nitrogens with two attached hydrogens (primary N) is 1. The molecule has 0 unspecified atom stereocenters. The fraction of sp³-hybridized carbons (Fsp3) is 0.357. The van der Waals surface area contributed by atoms with Gasteiger partial charge in [-0.1, -0.05) is 6.07 Å². The minimum Gasteiger partial charge on any atom is -0.480 e. The molecule has 0 aliphatic rings. The average molecular weight is 314 g/mol. The number of halogens is 2. The van der Waals surface area contributed by atoms with E-state index >= 15 is 0 Å². The lowest BCUT2D eigenvalue weighted by atomic mass is 10.1. The molecule has 4 N–H and O–H groups in total. The van der Waals surface area contributed by atoms with Crippen LogP contribution in [0, 0.1) is 11.6 Å². The molecule has 0 saturated heterocycles. The summed E-state index contributed by atoms with van der Waals surface area (Å²) in [6, 6.07) is 2.08. The fourth-order valence-corrected chi connectivity index (χ4v) is 1.82. The Bertz CT molecular complexity index is 558. The van der Waals surface area contributed by atoms with Gasteiger partial charge in [0.15, 0.2) is 0 Å². The van der Waals surface area contributed by atoms with Gasteiger partial charge in [-0.2, -0.15) is 0 Å². The largest absolute Gasteiger partial charge is 0.480 e. The Morgan fingerprint density at radius 1 is 1.18 bits per heavy atom. The van der Waals surface area contributed by atoms with Gasteiger partial charge in [-0.15, -0.1) is 0 Å². The molecule has 1 aromatic carbocycles. The van der Waals surface area contributed by atoms with Crippen molar-refractivity contribution >= 4 is 17.8 Å². The normalized spacial score (nSPS) is 11.7. The first-order chi connectivity index (χ1) is 10.3. The van der Waals surface area contributed by atoms with E-state index in [0.29, 0.717) is 0 Å². The molecule has 0 spiro atoms. The molecule has 22 heavy (non-hydrogen) atoms. The molecule has 0 radical (unpaired) electrons. The lowest BCUT2D eigenvalue weighted by Gasteiger charge is -2.13. The molecule has 1 rings (SSSR count). The van der Waals surface area contributed by atoms with Crippen molar-refractivity contribution in [2.75, 3.05) is 0 Å². The van der Waals surface area contributed by atoms with Crippen LogP contribution in [0.25, 0.3) is 0 Å². The predicted octanol–water partition coefficient (Wildman–Crippen LogP) is 0.732. The maximum absolute atomic E-state index is 13.4. The molecule has 1 aromatic rings. The molecule has 0 saturated carbocycles. The van der Waals surface area contributed by atoms with Gasteiger partial charge in [-0.3, -0.25) is 9.59 Å². The van der Waals surface area contributed by atoms with Crippen LogP contribution in [0.4, 0.5) is 8.78 Å². The second-order valence-corrected chi connectivity index (χ2v) is 4.66. The second-order valence-electron chi connectivity index (χ2n) is 4.66. The van der Waals surface area contributed by atoms with Crippen molar-refractivity contribution in [3.63, 3.8) is 0 Å². The van der Waals surface area contributed by atoms with Crippen molar-refractivity contribution < 1.29 is 28.3 Å². The van der Waals surface area contributed by atoms with Crippen molar-refractivity contribution in [1.29, 1.82) is 0 Å². The van der Waals surface area contributed by atoms with Gasteiger partial charge < -0.3 is 16.2 Å². The third-order valence-electron chi connectivity index (χ3n) is 2.98. The summed E-state index contributed by atoms with van der Waals surface area (Å²) in [5, 5.41) is 11.1. The zero-order valence-corrected chi connectivity index (χ0v) is 11.6. The quantitative estimate of drug-likeness (QED) is 0.657. The van der Waals surface area contributed by atoms with E-state index in [1.807, 2.05) is 0 Å². The number of amides is 2. The standard InChI is InChI=1S/C14H16F2N2O4/c15-9-2-1-3-10(16)8(9)4-7-13(20)18-11(14(21)22)5-6-12(17)19/h1-3,11H,4-7H2,(H2,17,19)(H,18,20)(H,21,22)/t11-/m0/s1. The van der Waals surface area contributed by atoms with Gasteiger partial charge in [0.05, 0.1) is 0 Å². The van der Waals surface area contributed by atoms with Gasteiger partial charge in [-0.05, 0) is 25.0 Å². The van der Waals surface area contributed by atoms with Crippen molar-refractivity contribution in [2.24, 2.45) is 5.73 Å². The third-order valence-corrected chi connectivity index (χ3v) is 2.98. The van der Waals surface area contributed by atoms with E-state index in [0.717, 1.165) is 12.1 Å². The van der Waals surface area contributed by atoms with Crippen molar-refractivity contribution in [1.82, 2.24) is 5.32 Å². The number of carbonyl (C=O) groups excluding carboxylic acids is 2. The summed E-state index contributed by atoms with van der Waals surface area (Å²) in [7, 11) is 0. The number of rotatable bonds is 8. The smallest absolute Gasteiger partial charge is 0.326 e. The summed E-state index contributed by atoms with van der Waals surface area (Å²) < 4.78 is 26.8. The van der Waals surface area contributed by atoms with Crippen LogP contribution in [-0.2, 0) is 20.8 Å². The minimum atomic E-state index is -1.31. The summed E-state index contributed by atoms with van der Waals surface area (Å²) in [6.45, 7) is 0. The molecule has 120 valence electrons. The van der Waals surface area contributed by atoms with Crippen LogP contribution in [0.1, 0.15) is 24.8 Å². The van der Waals surface area contributed by atoms with Crippen molar-refractivity contribution in [3.8, 4) is 0 Å². The van der Waals surface area contributed by atoms with Crippen LogP contribution < -0.4 is 11.1 Å². The Morgan fingerprint density at radius 3 is 2.27 bits per heavy atom. The summed E-state index contributed by atoms with van der Waals surface area (Å²) in [5.41, 5.74) is 4.68. The highest BCUT2D eigenvalue weighted by Crippen LogP contribution is 2.14. The molecule has 0 fully saturated rings. The molecule has 0 bridgehead atoms. The maximum atomic E-state index is 13.4. The number of primary amides is 1. The number of hydrogen-bond donors (Lipinski definition) is 3. The molecule has 0 aliphatic carbocycles. The van der Waals surface area contributed by atoms with Crippen LogP contribution in [0.15, 0.2) is 18.2 Å². The predicted molar refractivity (Wildman–Crippen MR) is 72.7 cm³/mol. The molecule has 8 heteroatoms. The summed E-state index contributed by atoms with van der Waals surface area (Å²) in [5.74, 6) is -4.22. The number of benzene rings is 1. The Labute approximate surface area is 125 Å². The number of nitrogens with one attached hydrogen (secondary N) is 1. The number of carboxylic acid groups (broad SMARTS) is 1. The SMILES string of the molecule is NC(=O)CC[C@H](NC(=O)CCc1c(F)cccc1F)C(=O)O. The van der Waals surface area contributed by atoms with Gasteiger partial charge in [0.2, 0.25) is 11.8 Å². The zero-order chi connectivity index (χ0) is 16.7. The zero-order valence-electron chi connectivity index (χ0n) is 11.6. The van der Waals surface area contributed by atoms with E-state index in [-0.39, 0.29) is 31.2 Å². The summed E-state index contributed by atoms with van der Waals surface area (Å²) in [6.07, 6.45) is -0.825. The Hall–Kier alpha value is -2.51. The third kappa shape index (κ3) is 5.47. The van der Waals surface area contributed by atoms with Gasteiger partial charge >= 0.3 is 5.97 Å². The summed E-state index contributed by atoms with van der Waals surface area (Å²) in [4.78, 5) is 33.2. The monoisotopic (exact) mass is 314 g/mol. The first-order valence-corrected chi connectivity index (χ1v) is 6.54. The van der Waals surface area contributed by atoms with Crippen molar-refractivity contribution in [2.45, 2.75) is 31.7 Å². The Kier molecular flexibility index (Phi) is 6.43. The molecule has 2 amide bonds. The molecule has 6 nitrogen and oxygen atoms in total. The molecular weight excluding hydrogens is 298 g/mol. The van der Waals surface area contributed by atoms with Crippen LogP contribution in [0.3, 0.4) is 0 Å². The number of aliphatic carboxylic acids is 1. The second kappa shape index (κ2) is 8.06. The lowest BCUT2D eigenvalue weighted by molar-refractivity contribution is -0.142. The Morgan fingerprint density at radius 2 is 1.77 bits per heavy atom. The molecule has 0 heterocycles. The molecular formula is C14H16F2N2O4. The van der Waals surface area contributed by atoms with E-state index in [2.05, 4.69) is 5.32 Å². The average Bonchev–Trinajstić information content (AvgIpc) is 2.42. The van der Waals surface area contributed by atoms with Crippen LogP contribution in [-0.4, -0.2) is 28.9 Å². The lowest BCUT2D eigenvalue weighted by Crippen LogP contribution is -2.41. The van der Waals surface area contributed by atoms with Crippen LogP contribution >= 0.6 is 0 Å². The van der Waals surface area contributed by atoms with E-state index < -0.39 is 35.5 Å². The van der Waals surface area contributed by atoms with E-state index in [4.69, 9.17) is 10.8 Å². The highest BCUT2D eigenvalue weighted by Gasteiger charge is 2.20. The first kappa shape index (κ1) is 17.5. The van der Waals surface area contributed by atoms with Crippen molar-refractivity contribution in [3.05, 3.63) is 35.4 Å². The highest BCUT2D eigenvalue weighted by molar-refractivity contribution is 5.84. The van der Waals surface area contributed by atoms with E-state index in [1.165, 1.54) is 6.07 Å². The number of hydrogen-bond acceptors (Lipinski definition) is 3. The molecule has 1 atom stereocenters. The summed E-state index contributed by atoms with van der Waals surface area (Å²) >= 11 is 0. The van der Waals surface area contributed by atoms with E-state index in [9.17, 15) is 23.2 Å². The maximum Gasteiger partial charge on any atom is 0.326 e. The fourth-order valence-electron chi connectivity index (χ4n) is 1.82. The Balaban J connectivity index is 2.57. The number of carboxylic acids is 1. The van der Waals surface area contributed by atoms with Gasteiger partial charge in [0, 0.05) is 18.4 Å². The van der Waals surface area contributed by atoms with Crippen LogP contribution in [0.5, 0.6) is 0 Å². The van der Waals surface area contributed by atoms with Gasteiger partial charge in [0.25, 0.3) is 0 Å². The van der Waals surface area contributed by atoms with E-state index in [1.54, 1.807) is 0 Å². The first-order valence-electron chi connectivity index (χ1n) is 6.54. The molecule has 0 aromatic heterocycles. The number of carbonyl (C=O) groups is 3. The molecule has 0 aliphatic heterocycles. The highest BCUT2D eigenvalue weighted by atomic mass is 19.1. The van der Waals surface area contributed by atoms with Crippen LogP contribution in [0.2, 0.25) is 0 Å². The van der Waals surface area contributed by atoms with Gasteiger partial charge in [-0.25, -0.2) is 13.6 Å². The minimum absolute atomic E-state index is 0.148. The topological polar surface area (TPSA) is 109 Å². The van der Waals surface area contributed by atoms with Gasteiger partial charge in [0.1, 0.15) is 17.7 Å².